The first-order valence-corrected chi connectivity index (χ1v) is 9.56. The number of hydrogen-bond donors (Lipinski definition) is 1. The van der Waals surface area contributed by atoms with E-state index >= 15 is 0 Å². The van der Waals surface area contributed by atoms with E-state index in [4.69, 9.17) is 10.7 Å². The van der Waals surface area contributed by atoms with Crippen molar-refractivity contribution in [1.29, 1.82) is 0 Å². The molecule has 1 aromatic rings. The lowest BCUT2D eigenvalue weighted by molar-refractivity contribution is 0.220. The molecule has 0 bridgehead atoms. The highest BCUT2D eigenvalue weighted by Crippen LogP contribution is 2.18. The molecule has 2 fully saturated rings. The first-order chi connectivity index (χ1) is 11.7. The highest BCUT2D eigenvalue weighted by atomic mass is 15.3. The van der Waals surface area contributed by atoms with Crippen LogP contribution in [0.15, 0.2) is 29.3 Å². The number of hydrogen-bond acceptors (Lipinski definition) is 2. The summed E-state index contributed by atoms with van der Waals surface area (Å²) in [4.78, 5) is 9.53. The lowest BCUT2D eigenvalue weighted by Gasteiger charge is -2.31. The van der Waals surface area contributed by atoms with Gasteiger partial charge in [-0.1, -0.05) is 37.6 Å². The lowest BCUT2D eigenvalue weighted by atomic mass is 10.0. The average molecular weight is 329 g/mol. The molecule has 0 spiro atoms. The standard InChI is InChI=1S/C20H32N4/c1-17-8-7-13-24(15-17)20(21)22-14-18-9-3-4-10-19(18)16-23-11-5-2-6-12-23/h3-4,9-10,17H,2,5-8,11-16H2,1H3,(H2,21,22). The first kappa shape index (κ1) is 17.3. The van der Waals surface area contributed by atoms with E-state index in [1.165, 1.54) is 56.3 Å². The van der Waals surface area contributed by atoms with E-state index < -0.39 is 0 Å². The molecule has 0 radical (unpaired) electrons. The largest absolute Gasteiger partial charge is 0.370 e. The highest BCUT2D eigenvalue weighted by molar-refractivity contribution is 5.78. The second-order valence-electron chi connectivity index (χ2n) is 7.47. The molecule has 1 aromatic carbocycles. The molecule has 1 atom stereocenters. The maximum atomic E-state index is 6.26. The van der Waals surface area contributed by atoms with E-state index in [-0.39, 0.29) is 0 Å². The average Bonchev–Trinajstić information content (AvgIpc) is 2.61. The minimum atomic E-state index is 0.695. The zero-order valence-electron chi connectivity index (χ0n) is 15.1. The van der Waals surface area contributed by atoms with Gasteiger partial charge in [0.15, 0.2) is 5.96 Å². The van der Waals surface area contributed by atoms with Crippen LogP contribution in [-0.4, -0.2) is 41.9 Å². The van der Waals surface area contributed by atoms with Crippen molar-refractivity contribution < 1.29 is 0 Å². The zero-order chi connectivity index (χ0) is 16.8. The molecule has 2 N–H and O–H groups in total. The molecule has 4 heteroatoms. The summed E-state index contributed by atoms with van der Waals surface area (Å²) in [6.45, 7) is 8.59. The molecular weight excluding hydrogens is 296 g/mol. The Morgan fingerprint density at radius 2 is 1.83 bits per heavy atom. The first-order valence-electron chi connectivity index (χ1n) is 9.56. The number of likely N-dealkylation sites (tertiary alicyclic amines) is 2. The van der Waals surface area contributed by atoms with Crippen molar-refractivity contribution in [1.82, 2.24) is 9.80 Å². The van der Waals surface area contributed by atoms with Crippen LogP contribution < -0.4 is 5.73 Å². The maximum absolute atomic E-state index is 6.26. The Morgan fingerprint density at radius 3 is 2.58 bits per heavy atom. The van der Waals surface area contributed by atoms with Gasteiger partial charge in [-0.05, 0) is 55.8 Å². The monoisotopic (exact) mass is 328 g/mol. The van der Waals surface area contributed by atoms with Crippen LogP contribution >= 0.6 is 0 Å². The van der Waals surface area contributed by atoms with Crippen molar-refractivity contribution in [2.75, 3.05) is 26.2 Å². The quantitative estimate of drug-likeness (QED) is 0.682. The van der Waals surface area contributed by atoms with Crippen LogP contribution in [0.25, 0.3) is 0 Å². The third-order valence-corrected chi connectivity index (χ3v) is 5.35. The molecule has 3 rings (SSSR count). The summed E-state index contributed by atoms with van der Waals surface area (Å²) in [5.74, 6) is 1.44. The molecule has 2 aliphatic heterocycles. The Balaban J connectivity index is 1.62. The van der Waals surface area contributed by atoms with E-state index in [1.807, 2.05) is 0 Å². The topological polar surface area (TPSA) is 44.9 Å². The normalized spacial score (nSPS) is 23.5. The van der Waals surface area contributed by atoms with Gasteiger partial charge in [-0.25, -0.2) is 4.99 Å². The van der Waals surface area contributed by atoms with Crippen LogP contribution in [-0.2, 0) is 13.1 Å². The summed E-state index contributed by atoms with van der Waals surface area (Å²) >= 11 is 0. The van der Waals surface area contributed by atoms with Gasteiger partial charge in [0.25, 0.3) is 0 Å². The fourth-order valence-electron chi connectivity index (χ4n) is 3.89. The Morgan fingerprint density at radius 1 is 1.08 bits per heavy atom. The number of nitrogens with zero attached hydrogens (tertiary/aromatic N) is 3. The van der Waals surface area contributed by atoms with E-state index in [0.717, 1.165) is 25.6 Å². The van der Waals surface area contributed by atoms with Crippen molar-refractivity contribution >= 4 is 5.96 Å². The molecule has 0 aromatic heterocycles. The second-order valence-corrected chi connectivity index (χ2v) is 7.47. The summed E-state index contributed by atoms with van der Waals surface area (Å²) < 4.78 is 0. The van der Waals surface area contributed by atoms with Crippen LogP contribution in [0.4, 0.5) is 0 Å². The molecule has 4 nitrogen and oxygen atoms in total. The van der Waals surface area contributed by atoms with Gasteiger partial charge in [0.2, 0.25) is 0 Å². The molecule has 2 saturated heterocycles. The molecule has 132 valence electrons. The zero-order valence-corrected chi connectivity index (χ0v) is 15.1. The van der Waals surface area contributed by atoms with Gasteiger partial charge in [0.05, 0.1) is 6.54 Å². The summed E-state index contributed by atoms with van der Waals surface area (Å²) in [6.07, 6.45) is 6.58. The Labute approximate surface area is 146 Å². The fraction of sp³-hybridized carbons (Fsp3) is 0.650. The smallest absolute Gasteiger partial charge is 0.191 e. The van der Waals surface area contributed by atoms with E-state index in [1.54, 1.807) is 0 Å². The molecule has 2 heterocycles. The molecule has 2 aliphatic rings. The van der Waals surface area contributed by atoms with Crippen molar-refractivity contribution in [3.05, 3.63) is 35.4 Å². The van der Waals surface area contributed by atoms with Gasteiger partial charge in [0.1, 0.15) is 0 Å². The minimum Gasteiger partial charge on any atom is -0.370 e. The van der Waals surface area contributed by atoms with Crippen molar-refractivity contribution in [3.63, 3.8) is 0 Å². The lowest BCUT2D eigenvalue weighted by Crippen LogP contribution is -2.43. The van der Waals surface area contributed by atoms with Crippen LogP contribution in [0.5, 0.6) is 0 Å². The predicted octanol–water partition coefficient (Wildman–Crippen LogP) is 3.22. The maximum Gasteiger partial charge on any atom is 0.191 e. The predicted molar refractivity (Wildman–Crippen MR) is 101 cm³/mol. The minimum absolute atomic E-state index is 0.695. The van der Waals surface area contributed by atoms with Gasteiger partial charge in [-0.3, -0.25) is 4.90 Å². The summed E-state index contributed by atoms with van der Waals surface area (Å²) in [6, 6.07) is 8.71. The van der Waals surface area contributed by atoms with E-state index in [9.17, 15) is 0 Å². The second kappa shape index (κ2) is 8.52. The summed E-state index contributed by atoms with van der Waals surface area (Å²) in [7, 11) is 0. The van der Waals surface area contributed by atoms with E-state index in [0.29, 0.717) is 12.5 Å². The molecule has 0 amide bonds. The summed E-state index contributed by atoms with van der Waals surface area (Å²) in [5, 5.41) is 0. The molecular formula is C20H32N4. The van der Waals surface area contributed by atoms with Crippen LogP contribution in [0.2, 0.25) is 0 Å². The van der Waals surface area contributed by atoms with Gasteiger partial charge in [0, 0.05) is 19.6 Å². The highest BCUT2D eigenvalue weighted by Gasteiger charge is 2.18. The number of piperidine rings is 2. The SMILES string of the molecule is CC1CCCN(C(N)=NCc2ccccc2CN2CCCCC2)C1. The molecule has 1 unspecified atom stereocenters. The van der Waals surface area contributed by atoms with Crippen LogP contribution in [0, 0.1) is 5.92 Å². The number of guanidine groups is 1. The number of rotatable bonds is 4. The number of aliphatic imine (C=N–C) groups is 1. The van der Waals surface area contributed by atoms with Crippen LogP contribution in [0.1, 0.15) is 50.2 Å². The van der Waals surface area contributed by atoms with Gasteiger partial charge in [-0.15, -0.1) is 0 Å². The Kier molecular flexibility index (Phi) is 6.13. The fourth-order valence-corrected chi connectivity index (χ4v) is 3.89. The van der Waals surface area contributed by atoms with Crippen molar-refractivity contribution in [2.24, 2.45) is 16.6 Å². The molecule has 0 saturated carbocycles. The van der Waals surface area contributed by atoms with Gasteiger partial charge >= 0.3 is 0 Å². The van der Waals surface area contributed by atoms with Crippen molar-refractivity contribution in [3.8, 4) is 0 Å². The Bertz CT molecular complexity index is 548. The van der Waals surface area contributed by atoms with E-state index in [2.05, 4.69) is 41.0 Å². The van der Waals surface area contributed by atoms with Crippen molar-refractivity contribution in [2.45, 2.75) is 52.1 Å². The third-order valence-electron chi connectivity index (χ3n) is 5.35. The molecule has 0 aliphatic carbocycles. The Hall–Kier alpha value is -1.55. The van der Waals surface area contributed by atoms with Crippen LogP contribution in [0.3, 0.4) is 0 Å². The number of nitrogens with two attached hydrogens (primary N) is 1. The summed E-state index contributed by atoms with van der Waals surface area (Å²) in [5.41, 5.74) is 8.98. The molecule has 24 heavy (non-hydrogen) atoms. The van der Waals surface area contributed by atoms with Gasteiger partial charge < -0.3 is 10.6 Å². The number of benzene rings is 1. The third kappa shape index (κ3) is 4.73. The van der Waals surface area contributed by atoms with Gasteiger partial charge in [-0.2, -0.15) is 0 Å².